The zero-order valence-electron chi connectivity index (χ0n) is 14.1. The van der Waals surface area contributed by atoms with Gasteiger partial charge in [0.2, 0.25) is 0 Å². The standard InChI is InChI=1S/C17H25N3O3/c1-4-17(2,3)18-16(21)13-8-9-14(15(12-13)20(22)23)19-10-6-5-7-11-19/h8-9,12H,4-7,10-11H2,1-3H3,(H,18,21). The van der Waals surface area contributed by atoms with Gasteiger partial charge in [-0.15, -0.1) is 0 Å². The van der Waals surface area contributed by atoms with Gasteiger partial charge in [0.1, 0.15) is 5.69 Å². The van der Waals surface area contributed by atoms with E-state index in [4.69, 9.17) is 0 Å². The Morgan fingerprint density at radius 1 is 1.30 bits per heavy atom. The van der Waals surface area contributed by atoms with Gasteiger partial charge in [-0.2, -0.15) is 0 Å². The van der Waals surface area contributed by atoms with Crippen LogP contribution in [0.15, 0.2) is 18.2 Å². The van der Waals surface area contributed by atoms with Crippen molar-refractivity contribution in [3.63, 3.8) is 0 Å². The van der Waals surface area contributed by atoms with Crippen molar-refractivity contribution in [3.05, 3.63) is 33.9 Å². The summed E-state index contributed by atoms with van der Waals surface area (Å²) >= 11 is 0. The number of hydrogen-bond donors (Lipinski definition) is 1. The monoisotopic (exact) mass is 319 g/mol. The third-order valence-electron chi connectivity index (χ3n) is 4.47. The highest BCUT2D eigenvalue weighted by molar-refractivity contribution is 5.96. The van der Waals surface area contributed by atoms with Gasteiger partial charge in [0.05, 0.1) is 4.92 Å². The van der Waals surface area contributed by atoms with E-state index in [1.165, 1.54) is 6.07 Å². The molecule has 1 amide bonds. The Morgan fingerprint density at radius 2 is 1.96 bits per heavy atom. The Bertz CT molecular complexity index is 593. The van der Waals surface area contributed by atoms with Crippen LogP contribution in [0.2, 0.25) is 0 Å². The molecule has 6 heteroatoms. The molecule has 126 valence electrons. The Hall–Kier alpha value is -2.11. The maximum atomic E-state index is 12.3. The van der Waals surface area contributed by atoms with Crippen molar-refractivity contribution >= 4 is 17.3 Å². The summed E-state index contributed by atoms with van der Waals surface area (Å²) in [5, 5.41) is 14.3. The topological polar surface area (TPSA) is 75.5 Å². The minimum atomic E-state index is -0.397. The Morgan fingerprint density at radius 3 is 2.52 bits per heavy atom. The minimum absolute atomic E-state index is 0.00820. The Balaban J connectivity index is 2.28. The van der Waals surface area contributed by atoms with Crippen molar-refractivity contribution in [2.45, 2.75) is 52.0 Å². The lowest BCUT2D eigenvalue weighted by atomic mass is 10.0. The van der Waals surface area contributed by atoms with Gasteiger partial charge in [0, 0.05) is 30.3 Å². The molecule has 0 bridgehead atoms. The number of carbonyl (C=O) groups excluding carboxylic acids is 1. The quantitative estimate of drug-likeness (QED) is 0.665. The summed E-state index contributed by atoms with van der Waals surface area (Å²) in [7, 11) is 0. The smallest absolute Gasteiger partial charge is 0.293 e. The highest BCUT2D eigenvalue weighted by Crippen LogP contribution is 2.31. The van der Waals surface area contributed by atoms with Crippen LogP contribution in [0, 0.1) is 10.1 Å². The number of anilines is 1. The van der Waals surface area contributed by atoms with Crippen molar-refractivity contribution in [1.29, 1.82) is 0 Å². The van der Waals surface area contributed by atoms with Crippen LogP contribution >= 0.6 is 0 Å². The molecule has 1 heterocycles. The van der Waals surface area contributed by atoms with Crippen LogP contribution in [0.25, 0.3) is 0 Å². The molecule has 1 fully saturated rings. The molecule has 0 spiro atoms. The van der Waals surface area contributed by atoms with Crippen molar-refractivity contribution in [2.75, 3.05) is 18.0 Å². The summed E-state index contributed by atoms with van der Waals surface area (Å²) in [5.74, 6) is -0.273. The van der Waals surface area contributed by atoms with Gasteiger partial charge in [-0.25, -0.2) is 0 Å². The van der Waals surface area contributed by atoms with Gasteiger partial charge >= 0.3 is 0 Å². The summed E-state index contributed by atoms with van der Waals surface area (Å²) in [4.78, 5) is 25.4. The number of nitro benzene ring substituents is 1. The van der Waals surface area contributed by atoms with Crippen molar-refractivity contribution in [3.8, 4) is 0 Å². The van der Waals surface area contributed by atoms with Crippen LogP contribution in [0.5, 0.6) is 0 Å². The van der Waals surface area contributed by atoms with Crippen LogP contribution in [0.4, 0.5) is 11.4 Å². The fourth-order valence-electron chi connectivity index (χ4n) is 2.68. The number of rotatable bonds is 5. The van der Waals surface area contributed by atoms with Crippen molar-refractivity contribution in [2.24, 2.45) is 0 Å². The number of nitrogens with one attached hydrogen (secondary N) is 1. The summed E-state index contributed by atoms with van der Waals surface area (Å²) in [6, 6.07) is 4.78. The van der Waals surface area contributed by atoms with Crippen molar-refractivity contribution in [1.82, 2.24) is 5.32 Å². The van der Waals surface area contributed by atoms with Crippen LogP contribution in [0.1, 0.15) is 56.8 Å². The van der Waals surface area contributed by atoms with E-state index in [0.29, 0.717) is 11.3 Å². The third kappa shape index (κ3) is 4.21. The molecule has 0 aromatic heterocycles. The summed E-state index contributed by atoms with van der Waals surface area (Å²) in [6.07, 6.45) is 4.04. The maximum absolute atomic E-state index is 12.3. The maximum Gasteiger partial charge on any atom is 0.293 e. The highest BCUT2D eigenvalue weighted by atomic mass is 16.6. The lowest BCUT2D eigenvalue weighted by Gasteiger charge is -2.28. The first-order valence-electron chi connectivity index (χ1n) is 8.20. The average Bonchev–Trinajstić information content (AvgIpc) is 2.54. The first kappa shape index (κ1) is 17.2. The van der Waals surface area contributed by atoms with E-state index in [1.807, 2.05) is 25.7 Å². The second-order valence-electron chi connectivity index (χ2n) is 6.70. The van der Waals surface area contributed by atoms with Gasteiger partial charge < -0.3 is 10.2 Å². The highest BCUT2D eigenvalue weighted by Gasteiger charge is 2.25. The summed E-state index contributed by atoms with van der Waals surface area (Å²) in [5.41, 5.74) is 0.617. The number of nitro groups is 1. The molecular weight excluding hydrogens is 294 g/mol. The molecule has 0 atom stereocenters. The normalized spacial score (nSPS) is 15.3. The summed E-state index contributed by atoms with van der Waals surface area (Å²) < 4.78 is 0. The fourth-order valence-corrected chi connectivity index (χ4v) is 2.68. The third-order valence-corrected chi connectivity index (χ3v) is 4.47. The molecule has 1 aromatic carbocycles. The van der Waals surface area contributed by atoms with Crippen LogP contribution < -0.4 is 10.2 Å². The van der Waals surface area contributed by atoms with Gasteiger partial charge in [0.15, 0.2) is 0 Å². The molecule has 23 heavy (non-hydrogen) atoms. The molecule has 0 saturated carbocycles. The molecule has 0 radical (unpaired) electrons. The lowest BCUT2D eigenvalue weighted by Crippen LogP contribution is -2.42. The molecule has 1 saturated heterocycles. The van der Waals surface area contributed by atoms with E-state index in [2.05, 4.69) is 5.32 Å². The zero-order valence-corrected chi connectivity index (χ0v) is 14.1. The van der Waals surface area contributed by atoms with Crippen molar-refractivity contribution < 1.29 is 9.72 Å². The number of carbonyl (C=O) groups is 1. The molecule has 0 aliphatic carbocycles. The molecule has 1 N–H and O–H groups in total. The first-order chi connectivity index (χ1) is 10.8. The fraction of sp³-hybridized carbons (Fsp3) is 0.588. The number of hydrogen-bond acceptors (Lipinski definition) is 4. The van der Waals surface area contributed by atoms with E-state index in [-0.39, 0.29) is 17.1 Å². The summed E-state index contributed by atoms with van der Waals surface area (Å²) in [6.45, 7) is 7.51. The second-order valence-corrected chi connectivity index (χ2v) is 6.70. The van der Waals surface area contributed by atoms with E-state index >= 15 is 0 Å². The number of benzene rings is 1. The molecular formula is C17H25N3O3. The van der Waals surface area contributed by atoms with Gasteiger partial charge in [-0.3, -0.25) is 14.9 Å². The number of amides is 1. The van der Waals surface area contributed by atoms with Gasteiger partial charge in [0.25, 0.3) is 11.6 Å². The van der Waals surface area contributed by atoms with Gasteiger partial charge in [-0.1, -0.05) is 6.92 Å². The zero-order chi connectivity index (χ0) is 17.0. The largest absolute Gasteiger partial charge is 0.366 e. The van der Waals surface area contributed by atoms with E-state index < -0.39 is 4.92 Å². The van der Waals surface area contributed by atoms with E-state index in [9.17, 15) is 14.9 Å². The van der Waals surface area contributed by atoms with Gasteiger partial charge in [-0.05, 0) is 51.7 Å². The predicted molar refractivity (Wildman–Crippen MR) is 91.0 cm³/mol. The Kier molecular flexibility index (Phi) is 5.23. The molecule has 1 aliphatic heterocycles. The number of piperidine rings is 1. The predicted octanol–water partition coefficient (Wildman–Crippen LogP) is 3.50. The molecule has 1 aromatic rings. The van der Waals surface area contributed by atoms with E-state index in [0.717, 1.165) is 38.8 Å². The van der Waals surface area contributed by atoms with Crippen LogP contribution in [0.3, 0.4) is 0 Å². The first-order valence-corrected chi connectivity index (χ1v) is 8.20. The molecule has 2 rings (SSSR count). The Labute approximate surface area is 137 Å². The molecule has 1 aliphatic rings. The minimum Gasteiger partial charge on any atom is -0.366 e. The second kappa shape index (κ2) is 6.98. The van der Waals surface area contributed by atoms with Crippen LogP contribution in [-0.2, 0) is 0 Å². The van der Waals surface area contributed by atoms with Crippen LogP contribution in [-0.4, -0.2) is 29.5 Å². The lowest BCUT2D eigenvalue weighted by molar-refractivity contribution is -0.384. The van der Waals surface area contributed by atoms with E-state index in [1.54, 1.807) is 12.1 Å². The molecule has 6 nitrogen and oxygen atoms in total. The SMILES string of the molecule is CCC(C)(C)NC(=O)c1ccc(N2CCCCC2)c([N+](=O)[O-])c1. The number of nitrogens with zero attached hydrogens (tertiary/aromatic N) is 2. The average molecular weight is 319 g/mol. The molecule has 0 unspecified atom stereocenters.